The molecule has 1 aromatic rings. The quantitative estimate of drug-likeness (QED) is 0.389. The van der Waals surface area contributed by atoms with Gasteiger partial charge in [0, 0.05) is 6.07 Å². The molecule has 9 nitrogen and oxygen atoms in total. The molecule has 22 heavy (non-hydrogen) atoms. The van der Waals surface area contributed by atoms with Crippen LogP contribution in [0.5, 0.6) is 0 Å². The first-order chi connectivity index (χ1) is 10.2. The van der Waals surface area contributed by atoms with Gasteiger partial charge in [0.05, 0.1) is 6.61 Å². The number of amides is 1. The predicted octanol–water partition coefficient (Wildman–Crippen LogP) is -1.22. The summed E-state index contributed by atoms with van der Waals surface area (Å²) < 4.78 is 35.2. The predicted molar refractivity (Wildman–Crippen MR) is 68.0 cm³/mol. The normalized spacial score (nSPS) is 28.7. The van der Waals surface area contributed by atoms with Crippen molar-refractivity contribution in [3.05, 3.63) is 30.1 Å². The summed E-state index contributed by atoms with van der Waals surface area (Å²) in [5.41, 5.74) is 5.26. The maximum Gasteiger partial charge on any atom is 0.469 e. The fourth-order valence-corrected chi connectivity index (χ4v) is 2.40. The van der Waals surface area contributed by atoms with E-state index in [1.165, 1.54) is 29.1 Å². The van der Waals surface area contributed by atoms with Crippen molar-refractivity contribution in [3.8, 4) is 0 Å². The van der Waals surface area contributed by atoms with Crippen molar-refractivity contribution in [2.75, 3.05) is 6.61 Å². The van der Waals surface area contributed by atoms with Crippen LogP contribution in [-0.4, -0.2) is 45.8 Å². The molecule has 0 radical (unpaired) electrons. The van der Waals surface area contributed by atoms with Gasteiger partial charge in [-0.15, -0.1) is 0 Å². The minimum absolute atomic E-state index is 0.128. The average molecular weight is 337 g/mol. The first-order valence-electron chi connectivity index (χ1n) is 6.17. The van der Waals surface area contributed by atoms with Gasteiger partial charge in [-0.3, -0.25) is 9.32 Å². The summed E-state index contributed by atoms with van der Waals surface area (Å²) in [6.07, 6.45) is -3.36. The Kier molecular flexibility index (Phi) is 4.90. The molecule has 0 saturated carbocycles. The second kappa shape index (κ2) is 6.37. The van der Waals surface area contributed by atoms with Gasteiger partial charge in [-0.05, 0) is 6.07 Å². The smallest absolute Gasteiger partial charge is 0.381 e. The van der Waals surface area contributed by atoms with Gasteiger partial charge in [0.2, 0.25) is 0 Å². The average Bonchev–Trinajstić information content (AvgIpc) is 2.72. The fourth-order valence-electron chi connectivity index (χ4n) is 2.06. The van der Waals surface area contributed by atoms with Crippen LogP contribution < -0.4 is 10.3 Å². The van der Waals surface area contributed by atoms with Gasteiger partial charge in [0.1, 0.15) is 11.7 Å². The molecule has 122 valence electrons. The molecular formula is C11H15FN2O7P+. The number of rotatable bonds is 5. The highest BCUT2D eigenvalue weighted by Crippen LogP contribution is 2.38. The minimum Gasteiger partial charge on any atom is -0.381 e. The number of nitrogens with zero attached hydrogens (tertiary/aromatic N) is 1. The molecule has 0 spiro atoms. The number of aliphatic hydroxyl groups is 1. The number of carbonyl (C=O) groups excluding carboxylic acids is 1. The highest BCUT2D eigenvalue weighted by Gasteiger charge is 2.50. The standard InChI is InChI=1S/C11H14FN2O7P/c12-8-7(5-20-22(17,18)19)21-11(9(8)15)14-3-1-2-6(4-14)10(13)16/h1-4,7-9,11,15H,5H2,(H3-,13,16,17,18,19)/p+1/t7-,8+,9-,11-/m1/s1. The fraction of sp³-hybridized carbons (Fsp3) is 0.455. The second-order valence-electron chi connectivity index (χ2n) is 4.69. The van der Waals surface area contributed by atoms with E-state index >= 15 is 0 Å². The number of halogens is 1. The maximum atomic E-state index is 13.9. The van der Waals surface area contributed by atoms with E-state index in [1.807, 2.05) is 0 Å². The molecule has 1 aromatic heterocycles. The minimum atomic E-state index is -4.77. The van der Waals surface area contributed by atoms with Crippen molar-refractivity contribution in [1.29, 1.82) is 0 Å². The Bertz CT molecular complexity index is 610. The van der Waals surface area contributed by atoms with Crippen molar-refractivity contribution >= 4 is 13.7 Å². The summed E-state index contributed by atoms with van der Waals surface area (Å²) in [7, 11) is -4.77. The van der Waals surface area contributed by atoms with Crippen molar-refractivity contribution in [2.24, 2.45) is 5.73 Å². The Labute approximate surface area is 124 Å². The molecule has 2 heterocycles. The van der Waals surface area contributed by atoms with Crippen LogP contribution in [0.2, 0.25) is 0 Å². The number of hydrogen-bond donors (Lipinski definition) is 4. The number of carbonyl (C=O) groups is 1. The number of primary amides is 1. The Balaban J connectivity index is 2.14. The van der Waals surface area contributed by atoms with E-state index in [0.29, 0.717) is 0 Å². The third-order valence-electron chi connectivity index (χ3n) is 3.10. The lowest BCUT2D eigenvalue weighted by molar-refractivity contribution is -0.765. The molecule has 0 aliphatic carbocycles. The third-order valence-corrected chi connectivity index (χ3v) is 3.58. The number of phosphoric acid groups is 1. The Morgan fingerprint density at radius 1 is 1.55 bits per heavy atom. The van der Waals surface area contributed by atoms with E-state index in [2.05, 4.69) is 4.52 Å². The molecule has 2 rings (SSSR count). The number of aliphatic hydroxyl groups excluding tert-OH is 1. The highest BCUT2D eigenvalue weighted by molar-refractivity contribution is 7.46. The van der Waals surface area contributed by atoms with Gasteiger partial charge in [-0.1, -0.05) is 0 Å². The zero-order valence-electron chi connectivity index (χ0n) is 11.2. The summed E-state index contributed by atoms with van der Waals surface area (Å²) in [6, 6.07) is 2.89. The Morgan fingerprint density at radius 2 is 2.23 bits per heavy atom. The number of hydrogen-bond acceptors (Lipinski definition) is 5. The summed E-state index contributed by atoms with van der Waals surface area (Å²) in [6.45, 7) is -0.727. The second-order valence-corrected chi connectivity index (χ2v) is 5.93. The molecule has 1 fully saturated rings. The molecule has 1 saturated heterocycles. The van der Waals surface area contributed by atoms with Crippen molar-refractivity contribution in [3.63, 3.8) is 0 Å². The van der Waals surface area contributed by atoms with Crippen molar-refractivity contribution in [1.82, 2.24) is 0 Å². The molecule has 1 amide bonds. The summed E-state index contributed by atoms with van der Waals surface area (Å²) in [5, 5.41) is 9.85. The van der Waals surface area contributed by atoms with E-state index < -0.39 is 44.9 Å². The zero-order chi connectivity index (χ0) is 16.5. The maximum absolute atomic E-state index is 13.9. The summed E-state index contributed by atoms with van der Waals surface area (Å²) in [4.78, 5) is 28.3. The number of alkyl halides is 1. The molecular weight excluding hydrogens is 322 g/mol. The van der Waals surface area contributed by atoms with E-state index in [4.69, 9.17) is 20.3 Å². The largest absolute Gasteiger partial charge is 0.469 e. The summed E-state index contributed by atoms with van der Waals surface area (Å²) in [5.74, 6) is -0.708. The Morgan fingerprint density at radius 3 is 2.82 bits per heavy atom. The molecule has 0 aromatic carbocycles. The molecule has 1 aliphatic heterocycles. The van der Waals surface area contributed by atoms with Crippen LogP contribution in [-0.2, 0) is 13.8 Å². The van der Waals surface area contributed by atoms with E-state index in [1.54, 1.807) is 0 Å². The lowest BCUT2D eigenvalue weighted by Crippen LogP contribution is -2.46. The van der Waals surface area contributed by atoms with Crippen LogP contribution in [0, 0.1) is 0 Å². The molecule has 1 aliphatic rings. The van der Waals surface area contributed by atoms with Gasteiger partial charge >= 0.3 is 7.82 Å². The van der Waals surface area contributed by atoms with Gasteiger partial charge in [-0.2, -0.15) is 4.57 Å². The van der Waals surface area contributed by atoms with Crippen molar-refractivity contribution in [2.45, 2.75) is 24.6 Å². The number of ether oxygens (including phenoxy) is 1. The number of pyridine rings is 1. The van der Waals surface area contributed by atoms with Crippen LogP contribution in [0.25, 0.3) is 0 Å². The zero-order valence-corrected chi connectivity index (χ0v) is 12.0. The lowest BCUT2D eigenvalue weighted by atomic mass is 10.1. The van der Waals surface area contributed by atoms with E-state index in [0.717, 1.165) is 0 Å². The monoisotopic (exact) mass is 337 g/mol. The van der Waals surface area contributed by atoms with Crippen LogP contribution in [0.15, 0.2) is 24.5 Å². The van der Waals surface area contributed by atoms with Crippen LogP contribution in [0.1, 0.15) is 16.6 Å². The van der Waals surface area contributed by atoms with Gasteiger partial charge < -0.3 is 25.4 Å². The van der Waals surface area contributed by atoms with Gasteiger partial charge in [0.25, 0.3) is 12.1 Å². The topological polar surface area (TPSA) is 143 Å². The first-order valence-corrected chi connectivity index (χ1v) is 7.70. The number of aromatic nitrogens is 1. The van der Waals surface area contributed by atoms with E-state index in [-0.39, 0.29) is 5.56 Å². The van der Waals surface area contributed by atoms with Gasteiger partial charge in [-0.25, -0.2) is 8.96 Å². The molecule has 11 heteroatoms. The van der Waals surface area contributed by atoms with Crippen LogP contribution >= 0.6 is 7.82 Å². The molecule has 5 N–H and O–H groups in total. The number of nitrogens with two attached hydrogens (primary N) is 1. The molecule has 0 bridgehead atoms. The van der Waals surface area contributed by atoms with Crippen molar-refractivity contribution < 1.29 is 42.5 Å². The lowest BCUT2D eigenvalue weighted by Gasteiger charge is -2.12. The van der Waals surface area contributed by atoms with Crippen LogP contribution in [0.4, 0.5) is 4.39 Å². The van der Waals surface area contributed by atoms with Crippen LogP contribution in [0.3, 0.4) is 0 Å². The SMILES string of the molecule is NC(=O)c1ccc[n+]([C@@H]2O[C@H](COP(=O)(O)O)[C@H](F)[C@H]2O)c1. The number of phosphoric ester groups is 1. The first kappa shape index (κ1) is 16.9. The van der Waals surface area contributed by atoms with Gasteiger partial charge in [0.15, 0.2) is 24.7 Å². The van der Waals surface area contributed by atoms with E-state index in [9.17, 15) is 18.9 Å². The highest BCUT2D eigenvalue weighted by atomic mass is 31.2. The Hall–Kier alpha value is -1.42. The summed E-state index contributed by atoms with van der Waals surface area (Å²) >= 11 is 0. The molecule has 0 unspecified atom stereocenters. The molecule has 4 atom stereocenters. The third kappa shape index (κ3) is 3.86.